The molecule has 0 saturated heterocycles. The SMILES string of the molecule is O=C(O)CC(NS(=O)(=O)/C=C/c1ccc(Cl)cc1)C1CC1. The summed E-state index contributed by atoms with van der Waals surface area (Å²) in [6, 6.07) is 6.19. The zero-order valence-electron chi connectivity index (χ0n) is 11.2. The zero-order valence-corrected chi connectivity index (χ0v) is 12.8. The summed E-state index contributed by atoms with van der Waals surface area (Å²) < 4.78 is 26.4. The van der Waals surface area contributed by atoms with Crippen LogP contribution in [0, 0.1) is 5.92 Å². The number of hydrogen-bond donors (Lipinski definition) is 2. The first kappa shape index (κ1) is 16.0. The number of hydrogen-bond acceptors (Lipinski definition) is 3. The van der Waals surface area contributed by atoms with Crippen LogP contribution in [0.1, 0.15) is 24.8 Å². The lowest BCUT2D eigenvalue weighted by Gasteiger charge is -2.14. The van der Waals surface area contributed by atoms with Crippen molar-refractivity contribution < 1.29 is 18.3 Å². The van der Waals surface area contributed by atoms with Gasteiger partial charge in [0, 0.05) is 16.5 Å². The zero-order chi connectivity index (χ0) is 15.5. The lowest BCUT2D eigenvalue weighted by atomic mass is 10.1. The highest BCUT2D eigenvalue weighted by Crippen LogP contribution is 2.34. The van der Waals surface area contributed by atoms with Crippen LogP contribution in [0.15, 0.2) is 29.7 Å². The van der Waals surface area contributed by atoms with Gasteiger partial charge in [-0.25, -0.2) is 13.1 Å². The molecule has 1 fully saturated rings. The molecule has 1 unspecified atom stereocenters. The predicted octanol–water partition coefficient (Wildman–Crippen LogP) is 2.48. The number of carbonyl (C=O) groups is 1. The van der Waals surface area contributed by atoms with Crippen LogP contribution in [0.4, 0.5) is 0 Å². The van der Waals surface area contributed by atoms with Gasteiger partial charge in [-0.1, -0.05) is 23.7 Å². The Balaban J connectivity index is 2.03. The van der Waals surface area contributed by atoms with Crippen LogP contribution in [-0.4, -0.2) is 25.5 Å². The Morgan fingerprint density at radius 3 is 2.52 bits per heavy atom. The summed E-state index contributed by atoms with van der Waals surface area (Å²) in [7, 11) is -3.67. The van der Waals surface area contributed by atoms with Crippen LogP contribution in [0.25, 0.3) is 6.08 Å². The van der Waals surface area contributed by atoms with Gasteiger partial charge in [-0.15, -0.1) is 0 Å². The monoisotopic (exact) mass is 329 g/mol. The molecule has 0 aliphatic heterocycles. The van der Waals surface area contributed by atoms with Gasteiger partial charge in [0.15, 0.2) is 0 Å². The second kappa shape index (κ2) is 6.60. The molecule has 21 heavy (non-hydrogen) atoms. The molecule has 0 bridgehead atoms. The smallest absolute Gasteiger partial charge is 0.304 e. The van der Waals surface area contributed by atoms with Crippen molar-refractivity contribution in [3.63, 3.8) is 0 Å². The van der Waals surface area contributed by atoms with E-state index in [0.29, 0.717) is 10.6 Å². The van der Waals surface area contributed by atoms with Gasteiger partial charge in [-0.05, 0) is 42.5 Å². The standard InChI is InChI=1S/C14H16ClNO4S/c15-12-5-1-10(2-6-12)7-8-21(19,20)16-13(9-14(17)18)11-3-4-11/h1-2,5-8,11,13,16H,3-4,9H2,(H,17,18)/b8-7+. The van der Waals surface area contributed by atoms with Crippen molar-refractivity contribution in [1.82, 2.24) is 4.72 Å². The van der Waals surface area contributed by atoms with E-state index in [0.717, 1.165) is 18.2 Å². The maximum atomic E-state index is 12.0. The van der Waals surface area contributed by atoms with E-state index in [1.54, 1.807) is 24.3 Å². The van der Waals surface area contributed by atoms with Crippen LogP contribution in [0.2, 0.25) is 5.02 Å². The number of carboxylic acid groups (broad SMARTS) is 1. The maximum absolute atomic E-state index is 12.0. The topological polar surface area (TPSA) is 83.5 Å². The van der Waals surface area contributed by atoms with E-state index < -0.39 is 22.0 Å². The number of carboxylic acids is 1. The highest BCUT2D eigenvalue weighted by atomic mass is 35.5. The molecule has 2 rings (SSSR count). The first-order chi connectivity index (χ1) is 9.85. The molecule has 0 spiro atoms. The first-order valence-corrected chi connectivity index (χ1v) is 8.46. The Kier molecular flexibility index (Phi) is 5.03. The fourth-order valence-electron chi connectivity index (χ4n) is 1.98. The van der Waals surface area contributed by atoms with Crippen molar-refractivity contribution in [3.8, 4) is 0 Å². The van der Waals surface area contributed by atoms with E-state index >= 15 is 0 Å². The van der Waals surface area contributed by atoms with Crippen molar-refractivity contribution in [2.45, 2.75) is 25.3 Å². The Bertz CT molecular complexity index is 635. The van der Waals surface area contributed by atoms with Gasteiger partial charge in [-0.2, -0.15) is 0 Å². The molecular formula is C14H16ClNO4S. The Labute approximate surface area is 128 Å². The molecule has 0 radical (unpaired) electrons. The molecule has 114 valence electrons. The van der Waals surface area contributed by atoms with Gasteiger partial charge in [0.2, 0.25) is 10.0 Å². The molecular weight excluding hydrogens is 314 g/mol. The quantitative estimate of drug-likeness (QED) is 0.805. The van der Waals surface area contributed by atoms with Gasteiger partial charge in [-0.3, -0.25) is 4.79 Å². The molecule has 1 aromatic rings. The summed E-state index contributed by atoms with van der Waals surface area (Å²) in [5.41, 5.74) is 0.700. The molecule has 0 amide bonds. The number of aliphatic carboxylic acids is 1. The van der Waals surface area contributed by atoms with Gasteiger partial charge in [0.25, 0.3) is 0 Å². The highest BCUT2D eigenvalue weighted by Gasteiger charge is 2.34. The molecule has 5 nitrogen and oxygen atoms in total. The van der Waals surface area contributed by atoms with Crippen molar-refractivity contribution in [2.24, 2.45) is 5.92 Å². The third kappa shape index (κ3) is 5.49. The summed E-state index contributed by atoms with van der Waals surface area (Å²) >= 11 is 5.75. The van der Waals surface area contributed by atoms with E-state index in [9.17, 15) is 13.2 Å². The first-order valence-electron chi connectivity index (χ1n) is 6.53. The summed E-state index contributed by atoms with van der Waals surface area (Å²) in [5, 5.41) is 10.4. The Morgan fingerprint density at radius 1 is 1.38 bits per heavy atom. The largest absolute Gasteiger partial charge is 0.481 e. The van der Waals surface area contributed by atoms with Gasteiger partial charge >= 0.3 is 5.97 Å². The fraction of sp³-hybridized carbons (Fsp3) is 0.357. The average Bonchev–Trinajstić information content (AvgIpc) is 3.21. The Morgan fingerprint density at radius 2 is 2.00 bits per heavy atom. The highest BCUT2D eigenvalue weighted by molar-refractivity contribution is 7.92. The second-order valence-corrected chi connectivity index (χ2v) is 7.09. The molecule has 1 atom stereocenters. The van der Waals surface area contributed by atoms with Crippen LogP contribution in [0.5, 0.6) is 0 Å². The molecule has 1 saturated carbocycles. The van der Waals surface area contributed by atoms with Crippen LogP contribution < -0.4 is 4.72 Å². The number of benzene rings is 1. The van der Waals surface area contributed by atoms with E-state index in [4.69, 9.17) is 16.7 Å². The third-order valence-corrected chi connectivity index (χ3v) is 4.59. The van der Waals surface area contributed by atoms with Crippen molar-refractivity contribution >= 4 is 33.7 Å². The summed E-state index contributed by atoms with van der Waals surface area (Å²) in [6.07, 6.45) is 2.98. The van der Waals surface area contributed by atoms with Crippen molar-refractivity contribution in [2.75, 3.05) is 0 Å². The average molecular weight is 330 g/mol. The number of sulfonamides is 1. The summed E-state index contributed by atoms with van der Waals surface area (Å²) in [6.45, 7) is 0. The van der Waals surface area contributed by atoms with Crippen LogP contribution >= 0.6 is 11.6 Å². The normalized spacial score (nSPS) is 17.0. The van der Waals surface area contributed by atoms with Gasteiger partial charge in [0.05, 0.1) is 6.42 Å². The van der Waals surface area contributed by atoms with Gasteiger partial charge < -0.3 is 5.11 Å². The molecule has 1 aliphatic rings. The van der Waals surface area contributed by atoms with Crippen molar-refractivity contribution in [3.05, 3.63) is 40.3 Å². The van der Waals surface area contributed by atoms with Gasteiger partial charge in [0.1, 0.15) is 0 Å². The minimum Gasteiger partial charge on any atom is -0.481 e. The number of nitrogens with one attached hydrogen (secondary N) is 1. The van der Waals surface area contributed by atoms with Crippen LogP contribution in [-0.2, 0) is 14.8 Å². The molecule has 7 heteroatoms. The minimum absolute atomic E-state index is 0.125. The molecule has 0 aromatic heterocycles. The predicted molar refractivity (Wildman–Crippen MR) is 81.3 cm³/mol. The van der Waals surface area contributed by atoms with Crippen LogP contribution in [0.3, 0.4) is 0 Å². The van der Waals surface area contributed by atoms with E-state index in [1.165, 1.54) is 6.08 Å². The minimum atomic E-state index is -3.67. The third-order valence-electron chi connectivity index (χ3n) is 3.21. The van der Waals surface area contributed by atoms with E-state index in [2.05, 4.69) is 4.72 Å². The number of rotatable bonds is 7. The molecule has 1 aromatic carbocycles. The summed E-state index contributed by atoms with van der Waals surface area (Å²) in [4.78, 5) is 10.8. The molecule has 1 aliphatic carbocycles. The lowest BCUT2D eigenvalue weighted by Crippen LogP contribution is -2.36. The lowest BCUT2D eigenvalue weighted by molar-refractivity contribution is -0.137. The number of halogens is 1. The molecule has 0 heterocycles. The Hall–Kier alpha value is -1.37. The fourth-order valence-corrected chi connectivity index (χ4v) is 3.22. The second-order valence-electron chi connectivity index (χ2n) is 5.06. The maximum Gasteiger partial charge on any atom is 0.304 e. The van der Waals surface area contributed by atoms with E-state index in [-0.39, 0.29) is 12.3 Å². The van der Waals surface area contributed by atoms with E-state index in [1.807, 2.05) is 0 Å². The molecule has 2 N–H and O–H groups in total. The summed E-state index contributed by atoms with van der Waals surface area (Å²) in [5.74, 6) is -0.879. The van der Waals surface area contributed by atoms with Crippen molar-refractivity contribution in [1.29, 1.82) is 0 Å².